The number of hydrogen-bond donors (Lipinski definition) is 1. The van der Waals surface area contributed by atoms with Gasteiger partial charge in [-0.3, -0.25) is 0 Å². The highest BCUT2D eigenvalue weighted by molar-refractivity contribution is 6.29. The van der Waals surface area contributed by atoms with Crippen LogP contribution in [0.4, 0.5) is 5.69 Å². The Kier molecular flexibility index (Phi) is 4.78. The molecule has 0 aliphatic rings. The average Bonchev–Trinajstić information content (AvgIpc) is 2.21. The Morgan fingerprint density at radius 2 is 2.18 bits per heavy atom. The van der Waals surface area contributed by atoms with E-state index in [-0.39, 0.29) is 5.60 Å². The van der Waals surface area contributed by atoms with E-state index >= 15 is 0 Å². The molecule has 4 heteroatoms. The normalized spacial score (nSPS) is 13.5. The molecule has 0 bridgehead atoms. The first-order valence-electron chi connectivity index (χ1n) is 5.78. The van der Waals surface area contributed by atoms with E-state index in [4.69, 9.17) is 16.3 Å². The Morgan fingerprint density at radius 1 is 1.53 bits per heavy atom. The smallest absolute Gasteiger partial charge is 0.129 e. The molecule has 17 heavy (non-hydrogen) atoms. The third-order valence-corrected chi connectivity index (χ3v) is 3.04. The molecular formula is C13H21ClN2O. The molecule has 0 spiro atoms. The zero-order valence-corrected chi connectivity index (χ0v) is 11.9. The number of anilines is 1. The minimum atomic E-state index is -0.125. The minimum absolute atomic E-state index is 0.125. The van der Waals surface area contributed by atoms with E-state index in [1.165, 1.54) is 0 Å². The number of aryl methyl sites for hydroxylation is 1. The number of halogens is 1. The van der Waals surface area contributed by atoms with Crippen LogP contribution in [0, 0.1) is 6.92 Å². The molecular weight excluding hydrogens is 236 g/mol. The van der Waals surface area contributed by atoms with Crippen molar-refractivity contribution in [3.05, 3.63) is 23.0 Å². The number of ether oxygens (including phenoxy) is 1. The van der Waals surface area contributed by atoms with Crippen molar-refractivity contribution in [2.24, 2.45) is 0 Å². The molecule has 96 valence electrons. The fourth-order valence-corrected chi connectivity index (χ4v) is 2.02. The Balaban J connectivity index is 2.65. The second-order valence-electron chi connectivity index (χ2n) is 5.04. The molecule has 0 fully saturated rings. The van der Waals surface area contributed by atoms with Gasteiger partial charge < -0.3 is 10.1 Å². The van der Waals surface area contributed by atoms with Crippen LogP contribution in [0.15, 0.2) is 12.3 Å². The third-order valence-electron chi connectivity index (χ3n) is 2.83. The van der Waals surface area contributed by atoms with E-state index in [0.29, 0.717) is 11.2 Å². The first kappa shape index (κ1) is 14.3. The minimum Gasteiger partial charge on any atom is -0.381 e. The molecule has 0 saturated carbocycles. The van der Waals surface area contributed by atoms with Crippen LogP contribution < -0.4 is 5.32 Å². The Bertz CT molecular complexity index is 380. The van der Waals surface area contributed by atoms with Gasteiger partial charge >= 0.3 is 0 Å². The van der Waals surface area contributed by atoms with E-state index in [2.05, 4.69) is 31.1 Å². The standard InChI is InChI=1S/C13H21ClN2O/c1-9-6-12(14)15-8-11(9)16-10(2)7-13(3,4)17-5/h6,8,10,16H,7H2,1-5H3. The fraction of sp³-hybridized carbons (Fsp3) is 0.615. The third kappa shape index (κ3) is 4.52. The molecule has 1 atom stereocenters. The summed E-state index contributed by atoms with van der Waals surface area (Å²) in [6.45, 7) is 8.31. The van der Waals surface area contributed by atoms with E-state index in [1.807, 2.05) is 13.0 Å². The van der Waals surface area contributed by atoms with Crippen molar-refractivity contribution in [3.8, 4) is 0 Å². The van der Waals surface area contributed by atoms with Crippen LogP contribution in [0.3, 0.4) is 0 Å². The highest BCUT2D eigenvalue weighted by atomic mass is 35.5. The lowest BCUT2D eigenvalue weighted by Crippen LogP contribution is -2.31. The molecule has 1 rings (SSSR count). The number of nitrogens with one attached hydrogen (secondary N) is 1. The topological polar surface area (TPSA) is 34.1 Å². The lowest BCUT2D eigenvalue weighted by Gasteiger charge is -2.27. The number of nitrogens with zero attached hydrogens (tertiary/aromatic N) is 1. The first-order chi connectivity index (χ1) is 7.84. The second kappa shape index (κ2) is 5.69. The summed E-state index contributed by atoms with van der Waals surface area (Å²) in [5.41, 5.74) is 2.00. The summed E-state index contributed by atoms with van der Waals surface area (Å²) in [6, 6.07) is 2.17. The molecule has 0 aliphatic carbocycles. The number of hydrogen-bond acceptors (Lipinski definition) is 3. The summed E-state index contributed by atoms with van der Waals surface area (Å²) in [4.78, 5) is 4.08. The molecule has 0 saturated heterocycles. The quantitative estimate of drug-likeness (QED) is 0.817. The zero-order chi connectivity index (χ0) is 13.1. The van der Waals surface area contributed by atoms with Crippen LogP contribution in [0.25, 0.3) is 0 Å². The fourth-order valence-electron chi connectivity index (χ4n) is 1.81. The predicted molar refractivity (Wildman–Crippen MR) is 72.8 cm³/mol. The van der Waals surface area contributed by atoms with Gasteiger partial charge in [0.25, 0.3) is 0 Å². The summed E-state index contributed by atoms with van der Waals surface area (Å²) >= 11 is 5.82. The molecule has 0 radical (unpaired) electrons. The van der Waals surface area contributed by atoms with Gasteiger partial charge in [0.1, 0.15) is 5.15 Å². The monoisotopic (exact) mass is 256 g/mol. The number of rotatable bonds is 5. The Morgan fingerprint density at radius 3 is 2.71 bits per heavy atom. The number of aromatic nitrogens is 1. The van der Waals surface area contributed by atoms with Crippen LogP contribution in [-0.2, 0) is 4.74 Å². The highest BCUT2D eigenvalue weighted by Gasteiger charge is 2.20. The van der Waals surface area contributed by atoms with Crippen LogP contribution in [0.5, 0.6) is 0 Å². The molecule has 0 amide bonds. The lowest BCUT2D eigenvalue weighted by atomic mass is 9.99. The molecule has 1 heterocycles. The summed E-state index contributed by atoms with van der Waals surface area (Å²) in [5, 5.41) is 3.95. The summed E-state index contributed by atoms with van der Waals surface area (Å²) < 4.78 is 5.42. The van der Waals surface area contributed by atoms with E-state index in [1.54, 1.807) is 13.3 Å². The Labute approximate surface area is 109 Å². The molecule has 0 aliphatic heterocycles. The van der Waals surface area contributed by atoms with Crippen LogP contribution >= 0.6 is 11.6 Å². The summed E-state index contributed by atoms with van der Waals surface area (Å²) in [5.74, 6) is 0. The largest absolute Gasteiger partial charge is 0.381 e. The maximum absolute atomic E-state index is 5.82. The summed E-state index contributed by atoms with van der Waals surface area (Å²) in [6.07, 6.45) is 2.69. The van der Waals surface area contributed by atoms with Crippen molar-refractivity contribution in [2.75, 3.05) is 12.4 Å². The van der Waals surface area contributed by atoms with Gasteiger partial charge in [-0.15, -0.1) is 0 Å². The van der Waals surface area contributed by atoms with Gasteiger partial charge in [0.05, 0.1) is 17.5 Å². The molecule has 1 N–H and O–H groups in total. The second-order valence-corrected chi connectivity index (χ2v) is 5.42. The van der Waals surface area contributed by atoms with Gasteiger partial charge in [-0.05, 0) is 45.7 Å². The van der Waals surface area contributed by atoms with Crippen molar-refractivity contribution in [1.29, 1.82) is 0 Å². The van der Waals surface area contributed by atoms with Gasteiger partial charge in [-0.25, -0.2) is 4.98 Å². The molecule has 3 nitrogen and oxygen atoms in total. The van der Waals surface area contributed by atoms with Crippen molar-refractivity contribution in [2.45, 2.75) is 45.8 Å². The maximum atomic E-state index is 5.82. The predicted octanol–water partition coefficient (Wildman–Crippen LogP) is 3.66. The van der Waals surface area contributed by atoms with Gasteiger partial charge in [0.15, 0.2) is 0 Å². The van der Waals surface area contributed by atoms with E-state index in [9.17, 15) is 0 Å². The van der Waals surface area contributed by atoms with E-state index in [0.717, 1.165) is 17.7 Å². The first-order valence-corrected chi connectivity index (χ1v) is 6.15. The van der Waals surface area contributed by atoms with Crippen LogP contribution in [-0.4, -0.2) is 23.7 Å². The Hall–Kier alpha value is -0.800. The van der Waals surface area contributed by atoms with Crippen molar-refractivity contribution in [3.63, 3.8) is 0 Å². The van der Waals surface area contributed by atoms with Crippen LogP contribution in [0.2, 0.25) is 5.15 Å². The SMILES string of the molecule is COC(C)(C)CC(C)Nc1cnc(Cl)cc1C. The van der Waals surface area contributed by atoms with Gasteiger partial charge in [0, 0.05) is 13.2 Å². The number of pyridine rings is 1. The van der Waals surface area contributed by atoms with Crippen LogP contribution in [0.1, 0.15) is 32.8 Å². The van der Waals surface area contributed by atoms with Gasteiger partial charge in [-0.1, -0.05) is 11.6 Å². The molecule has 1 unspecified atom stereocenters. The van der Waals surface area contributed by atoms with E-state index < -0.39 is 0 Å². The maximum Gasteiger partial charge on any atom is 0.129 e. The van der Waals surface area contributed by atoms with Crippen molar-refractivity contribution >= 4 is 17.3 Å². The average molecular weight is 257 g/mol. The molecule has 1 aromatic heterocycles. The zero-order valence-electron chi connectivity index (χ0n) is 11.2. The van der Waals surface area contributed by atoms with Crippen molar-refractivity contribution in [1.82, 2.24) is 4.98 Å². The van der Waals surface area contributed by atoms with Gasteiger partial charge in [-0.2, -0.15) is 0 Å². The van der Waals surface area contributed by atoms with Crippen molar-refractivity contribution < 1.29 is 4.74 Å². The summed E-state index contributed by atoms with van der Waals surface area (Å²) in [7, 11) is 1.74. The van der Waals surface area contributed by atoms with Gasteiger partial charge in [0.2, 0.25) is 0 Å². The number of methoxy groups -OCH3 is 1. The highest BCUT2D eigenvalue weighted by Crippen LogP contribution is 2.21. The lowest BCUT2D eigenvalue weighted by molar-refractivity contribution is 0.0128. The molecule has 1 aromatic rings. The molecule has 0 aromatic carbocycles.